The van der Waals surface area contributed by atoms with Crippen LogP contribution in [0.1, 0.15) is 17.2 Å². The van der Waals surface area contributed by atoms with Gasteiger partial charge in [-0.2, -0.15) is 0 Å². The summed E-state index contributed by atoms with van der Waals surface area (Å²) in [6.45, 7) is 0. The van der Waals surface area contributed by atoms with Gasteiger partial charge in [0, 0.05) is 16.6 Å². The van der Waals surface area contributed by atoms with Crippen molar-refractivity contribution in [1.29, 1.82) is 0 Å². The third-order valence-corrected chi connectivity index (χ3v) is 2.99. The maximum Gasteiger partial charge on any atom is 0.127 e. The molecule has 0 saturated carbocycles. The van der Waals surface area contributed by atoms with Gasteiger partial charge in [-0.3, -0.25) is 0 Å². The predicted molar refractivity (Wildman–Crippen MR) is 68.4 cm³/mol. The zero-order valence-corrected chi connectivity index (χ0v) is 10.3. The summed E-state index contributed by atoms with van der Waals surface area (Å²) >= 11 is 5.80. The van der Waals surface area contributed by atoms with E-state index < -0.39 is 6.04 Å². The monoisotopic (exact) mass is 267 g/mol. The Kier molecular flexibility index (Phi) is 3.94. The fourth-order valence-corrected chi connectivity index (χ4v) is 2.02. The highest BCUT2D eigenvalue weighted by atomic mass is 35.5. The first-order valence-corrected chi connectivity index (χ1v) is 5.89. The van der Waals surface area contributed by atoms with Gasteiger partial charge in [-0.15, -0.1) is 0 Å². The first kappa shape index (κ1) is 13.0. The van der Waals surface area contributed by atoms with E-state index in [1.165, 1.54) is 24.3 Å². The van der Waals surface area contributed by atoms with Crippen molar-refractivity contribution < 1.29 is 8.78 Å². The average molecular weight is 268 g/mol. The number of hydrogen-bond donors (Lipinski definition) is 1. The van der Waals surface area contributed by atoms with E-state index in [9.17, 15) is 8.78 Å². The van der Waals surface area contributed by atoms with Crippen molar-refractivity contribution in [3.63, 3.8) is 0 Å². The quantitative estimate of drug-likeness (QED) is 0.898. The summed E-state index contributed by atoms with van der Waals surface area (Å²) in [5, 5.41) is 0.437. The van der Waals surface area contributed by atoms with Crippen LogP contribution in [0.15, 0.2) is 42.5 Å². The molecule has 0 saturated heterocycles. The van der Waals surface area contributed by atoms with Crippen LogP contribution >= 0.6 is 11.6 Å². The molecular formula is C14H12ClF2N. The number of halogens is 3. The molecule has 2 aromatic rings. The minimum Gasteiger partial charge on any atom is -0.324 e. The fourth-order valence-electron chi connectivity index (χ4n) is 1.82. The molecule has 1 unspecified atom stereocenters. The molecule has 18 heavy (non-hydrogen) atoms. The first-order chi connectivity index (χ1) is 8.58. The molecule has 0 fully saturated rings. The molecule has 0 aliphatic carbocycles. The Balaban J connectivity index is 2.24. The molecule has 0 heterocycles. The normalized spacial score (nSPS) is 12.4. The van der Waals surface area contributed by atoms with Crippen molar-refractivity contribution in [2.75, 3.05) is 0 Å². The Bertz CT molecular complexity index is 557. The van der Waals surface area contributed by atoms with Crippen LogP contribution in [-0.2, 0) is 6.42 Å². The standard InChI is InChI=1S/C14H12ClF2N/c15-10-5-6-12(16)9(7-10)8-14(18)11-3-1-2-4-13(11)17/h1-7,14H,8,18H2. The fraction of sp³-hybridized carbons (Fsp3) is 0.143. The molecule has 2 aromatic carbocycles. The maximum atomic E-state index is 13.5. The molecule has 4 heteroatoms. The van der Waals surface area contributed by atoms with Crippen LogP contribution in [-0.4, -0.2) is 0 Å². The lowest BCUT2D eigenvalue weighted by atomic mass is 9.99. The summed E-state index contributed by atoms with van der Waals surface area (Å²) < 4.78 is 27.1. The molecule has 0 radical (unpaired) electrons. The lowest BCUT2D eigenvalue weighted by Crippen LogP contribution is -2.15. The van der Waals surface area contributed by atoms with E-state index in [0.717, 1.165) is 0 Å². The number of benzene rings is 2. The highest BCUT2D eigenvalue weighted by molar-refractivity contribution is 6.30. The Morgan fingerprint density at radius 2 is 1.78 bits per heavy atom. The molecule has 94 valence electrons. The second-order valence-electron chi connectivity index (χ2n) is 4.07. The van der Waals surface area contributed by atoms with Gasteiger partial charge < -0.3 is 5.73 Å². The number of nitrogens with two attached hydrogens (primary N) is 1. The third-order valence-electron chi connectivity index (χ3n) is 2.75. The molecule has 1 atom stereocenters. The van der Waals surface area contributed by atoms with Crippen molar-refractivity contribution in [3.05, 3.63) is 70.2 Å². The molecule has 0 amide bonds. The maximum absolute atomic E-state index is 13.5. The van der Waals surface area contributed by atoms with Crippen molar-refractivity contribution in [1.82, 2.24) is 0 Å². The summed E-state index contributed by atoms with van der Waals surface area (Å²) in [7, 11) is 0. The summed E-state index contributed by atoms with van der Waals surface area (Å²) in [4.78, 5) is 0. The van der Waals surface area contributed by atoms with E-state index in [2.05, 4.69) is 0 Å². The molecular weight excluding hydrogens is 256 g/mol. The van der Waals surface area contributed by atoms with Gasteiger partial charge in [-0.25, -0.2) is 8.78 Å². The van der Waals surface area contributed by atoms with Crippen LogP contribution in [0.4, 0.5) is 8.78 Å². The Morgan fingerprint density at radius 1 is 1.06 bits per heavy atom. The van der Waals surface area contributed by atoms with Gasteiger partial charge in [0.05, 0.1) is 0 Å². The molecule has 0 aliphatic heterocycles. The van der Waals surface area contributed by atoms with Gasteiger partial charge in [-0.05, 0) is 36.2 Å². The van der Waals surface area contributed by atoms with Crippen LogP contribution in [0.25, 0.3) is 0 Å². The lowest BCUT2D eigenvalue weighted by molar-refractivity contribution is 0.563. The van der Waals surface area contributed by atoms with Gasteiger partial charge in [0.15, 0.2) is 0 Å². The zero-order chi connectivity index (χ0) is 13.1. The van der Waals surface area contributed by atoms with E-state index in [1.807, 2.05) is 0 Å². The Hall–Kier alpha value is -1.45. The topological polar surface area (TPSA) is 26.0 Å². The van der Waals surface area contributed by atoms with Crippen LogP contribution in [0.3, 0.4) is 0 Å². The first-order valence-electron chi connectivity index (χ1n) is 5.52. The summed E-state index contributed by atoms with van der Waals surface area (Å²) in [5.41, 5.74) is 6.66. The molecule has 2 rings (SSSR count). The van der Waals surface area contributed by atoms with Gasteiger partial charge in [0.2, 0.25) is 0 Å². The molecule has 0 aromatic heterocycles. The minimum absolute atomic E-state index is 0.202. The largest absolute Gasteiger partial charge is 0.324 e. The van der Waals surface area contributed by atoms with Crippen molar-refractivity contribution in [2.45, 2.75) is 12.5 Å². The Labute approximate surface area is 109 Å². The molecule has 2 N–H and O–H groups in total. The molecule has 1 nitrogen and oxygen atoms in total. The van der Waals surface area contributed by atoms with Crippen molar-refractivity contribution in [2.24, 2.45) is 5.73 Å². The molecule has 0 bridgehead atoms. The van der Waals surface area contributed by atoms with Crippen LogP contribution in [0, 0.1) is 11.6 Å². The summed E-state index contributed by atoms with van der Waals surface area (Å²) in [6, 6.07) is 9.89. The smallest absolute Gasteiger partial charge is 0.127 e. The van der Waals surface area contributed by atoms with Gasteiger partial charge in [0.1, 0.15) is 11.6 Å². The summed E-state index contributed by atoms with van der Waals surface area (Å²) in [6.07, 6.45) is 0.202. The van der Waals surface area contributed by atoms with E-state index in [0.29, 0.717) is 16.1 Å². The number of hydrogen-bond acceptors (Lipinski definition) is 1. The van der Waals surface area contributed by atoms with E-state index in [1.54, 1.807) is 18.2 Å². The third kappa shape index (κ3) is 2.86. The van der Waals surface area contributed by atoms with Crippen molar-refractivity contribution >= 4 is 11.6 Å². The molecule has 0 aliphatic rings. The second kappa shape index (κ2) is 5.46. The van der Waals surface area contributed by atoms with Crippen molar-refractivity contribution in [3.8, 4) is 0 Å². The second-order valence-corrected chi connectivity index (χ2v) is 4.50. The Morgan fingerprint density at radius 3 is 2.50 bits per heavy atom. The lowest BCUT2D eigenvalue weighted by Gasteiger charge is -2.13. The average Bonchev–Trinajstić information content (AvgIpc) is 2.34. The number of rotatable bonds is 3. The van der Waals surface area contributed by atoms with Gasteiger partial charge >= 0.3 is 0 Å². The van der Waals surface area contributed by atoms with E-state index >= 15 is 0 Å². The zero-order valence-electron chi connectivity index (χ0n) is 9.54. The predicted octanol–water partition coefficient (Wildman–Crippen LogP) is 3.86. The SMILES string of the molecule is NC(Cc1cc(Cl)ccc1F)c1ccccc1F. The highest BCUT2D eigenvalue weighted by Crippen LogP contribution is 2.22. The highest BCUT2D eigenvalue weighted by Gasteiger charge is 2.14. The van der Waals surface area contributed by atoms with E-state index in [4.69, 9.17) is 17.3 Å². The van der Waals surface area contributed by atoms with Crippen LogP contribution in [0.2, 0.25) is 5.02 Å². The summed E-state index contributed by atoms with van der Waals surface area (Å²) in [5.74, 6) is -0.765. The van der Waals surface area contributed by atoms with Gasteiger partial charge in [-0.1, -0.05) is 29.8 Å². The van der Waals surface area contributed by atoms with Crippen LogP contribution < -0.4 is 5.73 Å². The molecule has 0 spiro atoms. The van der Waals surface area contributed by atoms with E-state index in [-0.39, 0.29) is 18.1 Å². The van der Waals surface area contributed by atoms with Crippen LogP contribution in [0.5, 0.6) is 0 Å². The van der Waals surface area contributed by atoms with Gasteiger partial charge in [0.25, 0.3) is 0 Å². The minimum atomic E-state index is -0.598.